The zero-order valence-electron chi connectivity index (χ0n) is 29.3. The number of benzene rings is 4. The van der Waals surface area contributed by atoms with Gasteiger partial charge in [-0.05, 0) is 61.2 Å². The summed E-state index contributed by atoms with van der Waals surface area (Å²) in [5, 5.41) is 3.43. The van der Waals surface area contributed by atoms with Crippen molar-refractivity contribution in [2.75, 3.05) is 32.2 Å². The van der Waals surface area contributed by atoms with E-state index >= 15 is 0 Å². The highest BCUT2D eigenvalue weighted by Crippen LogP contribution is 2.37. The topological polar surface area (TPSA) is 114 Å². The molecule has 1 N–H and O–H groups in total. The van der Waals surface area contributed by atoms with Crippen molar-refractivity contribution in [3.8, 4) is 17.2 Å². The van der Waals surface area contributed by atoms with Crippen molar-refractivity contribution in [1.29, 1.82) is 0 Å². The highest BCUT2D eigenvalue weighted by molar-refractivity contribution is 7.92. The molecule has 5 rings (SSSR count). The largest absolute Gasteiger partial charge is 0.495 e. The summed E-state index contributed by atoms with van der Waals surface area (Å²) >= 11 is 6.42. The molecule has 1 saturated carbocycles. The van der Waals surface area contributed by atoms with Crippen molar-refractivity contribution in [3.05, 3.63) is 113 Å². The molecule has 0 bridgehead atoms. The average Bonchev–Trinajstić information content (AvgIpc) is 3.65. The van der Waals surface area contributed by atoms with Crippen molar-refractivity contribution < 1.29 is 32.2 Å². The van der Waals surface area contributed by atoms with Crippen LogP contribution >= 0.6 is 11.6 Å². The number of nitrogens with one attached hydrogen (secondary N) is 1. The Bertz CT molecular complexity index is 1920. The minimum atomic E-state index is -4.48. The number of methoxy groups -OCH3 is 3. The van der Waals surface area contributed by atoms with Gasteiger partial charge in [-0.25, -0.2) is 8.42 Å². The van der Waals surface area contributed by atoms with Gasteiger partial charge in [0.2, 0.25) is 11.8 Å². The van der Waals surface area contributed by atoms with E-state index in [9.17, 15) is 18.0 Å². The van der Waals surface area contributed by atoms with Crippen LogP contribution < -0.4 is 23.8 Å². The van der Waals surface area contributed by atoms with E-state index in [1.807, 2.05) is 61.5 Å². The Morgan fingerprint density at radius 3 is 2.12 bits per heavy atom. The molecule has 0 heterocycles. The fraction of sp³-hybridized carbons (Fsp3) is 0.333. The number of anilines is 1. The Balaban J connectivity index is 1.62. The summed E-state index contributed by atoms with van der Waals surface area (Å²) in [6, 6.07) is 25.0. The van der Waals surface area contributed by atoms with E-state index < -0.39 is 28.5 Å². The minimum Gasteiger partial charge on any atom is -0.495 e. The smallest absolute Gasteiger partial charge is 0.265 e. The number of nitrogens with zero attached hydrogens (tertiary/aromatic N) is 2. The molecule has 12 heteroatoms. The van der Waals surface area contributed by atoms with Crippen molar-refractivity contribution >= 4 is 39.1 Å². The Morgan fingerprint density at radius 1 is 0.824 bits per heavy atom. The molecule has 51 heavy (non-hydrogen) atoms. The van der Waals surface area contributed by atoms with Gasteiger partial charge in [-0.3, -0.25) is 13.9 Å². The summed E-state index contributed by atoms with van der Waals surface area (Å²) in [5.41, 5.74) is 2.74. The van der Waals surface area contributed by atoms with Crippen LogP contribution in [-0.4, -0.2) is 65.1 Å². The van der Waals surface area contributed by atoms with Crippen LogP contribution in [0.15, 0.2) is 95.9 Å². The van der Waals surface area contributed by atoms with Gasteiger partial charge < -0.3 is 24.4 Å². The normalized spacial score (nSPS) is 13.7. The molecule has 0 radical (unpaired) electrons. The second-order valence-corrected chi connectivity index (χ2v) is 14.8. The minimum absolute atomic E-state index is 0.00440. The molecule has 1 aliphatic carbocycles. The zero-order valence-corrected chi connectivity index (χ0v) is 30.9. The number of amides is 2. The predicted molar refractivity (Wildman–Crippen MR) is 198 cm³/mol. The van der Waals surface area contributed by atoms with Gasteiger partial charge in [0, 0.05) is 30.1 Å². The summed E-state index contributed by atoms with van der Waals surface area (Å²) in [6.07, 6.45) is 3.98. The van der Waals surface area contributed by atoms with Crippen molar-refractivity contribution in [2.24, 2.45) is 0 Å². The molecule has 270 valence electrons. The molecule has 4 aromatic carbocycles. The highest BCUT2D eigenvalue weighted by Gasteiger charge is 2.37. The van der Waals surface area contributed by atoms with E-state index in [0.29, 0.717) is 5.75 Å². The first-order valence-electron chi connectivity index (χ1n) is 16.8. The molecule has 0 saturated heterocycles. The van der Waals surface area contributed by atoms with Crippen LogP contribution in [0.3, 0.4) is 0 Å². The molecule has 0 spiro atoms. The van der Waals surface area contributed by atoms with Crippen molar-refractivity contribution in [3.63, 3.8) is 0 Å². The average molecular weight is 734 g/mol. The zero-order chi connectivity index (χ0) is 36.5. The highest BCUT2D eigenvalue weighted by atomic mass is 35.5. The third-order valence-electron chi connectivity index (χ3n) is 9.08. The summed E-state index contributed by atoms with van der Waals surface area (Å²) in [5.74, 6) is -0.178. The van der Waals surface area contributed by atoms with Crippen LogP contribution in [0.2, 0.25) is 5.02 Å². The maximum Gasteiger partial charge on any atom is 0.265 e. The van der Waals surface area contributed by atoms with E-state index in [-0.39, 0.29) is 52.0 Å². The number of carbonyl (C=O) groups excluding carboxylic acids is 2. The van der Waals surface area contributed by atoms with Crippen LogP contribution in [0.5, 0.6) is 17.2 Å². The van der Waals surface area contributed by atoms with E-state index in [4.69, 9.17) is 25.8 Å². The molecule has 2 amide bonds. The third-order valence-corrected chi connectivity index (χ3v) is 11.1. The van der Waals surface area contributed by atoms with Gasteiger partial charge in [0.05, 0.1) is 31.9 Å². The Labute approximate surface area is 305 Å². The Kier molecular flexibility index (Phi) is 12.5. The molecule has 0 aromatic heterocycles. The molecule has 4 aromatic rings. The summed E-state index contributed by atoms with van der Waals surface area (Å²) < 4.78 is 46.6. The van der Waals surface area contributed by atoms with Gasteiger partial charge in [-0.1, -0.05) is 84.6 Å². The van der Waals surface area contributed by atoms with Gasteiger partial charge in [0.25, 0.3) is 10.0 Å². The van der Waals surface area contributed by atoms with Gasteiger partial charge in [0.1, 0.15) is 18.3 Å². The Hall–Kier alpha value is -4.74. The van der Waals surface area contributed by atoms with Crippen LogP contribution in [0.25, 0.3) is 0 Å². The number of carbonyl (C=O) groups is 2. The van der Waals surface area contributed by atoms with Gasteiger partial charge in [-0.15, -0.1) is 0 Å². The van der Waals surface area contributed by atoms with Crippen molar-refractivity contribution in [1.82, 2.24) is 10.2 Å². The van der Waals surface area contributed by atoms with E-state index in [0.717, 1.165) is 46.7 Å². The van der Waals surface area contributed by atoms with Gasteiger partial charge in [0.15, 0.2) is 11.5 Å². The SMILES string of the molecule is COc1ccc(S(=O)(=O)N(CC(=O)N(Cc2ccc(C)cc2)[C@@H](Cc2ccccc2)C(=O)NC2CCCC2)c2cc(Cl)ccc2OC)cc1OC. The molecular formula is C39H44ClN3O7S. The fourth-order valence-electron chi connectivity index (χ4n) is 6.29. The molecule has 10 nitrogen and oxygen atoms in total. The molecule has 1 aliphatic rings. The number of ether oxygens (including phenoxy) is 3. The van der Waals surface area contributed by atoms with Crippen LogP contribution in [0, 0.1) is 6.92 Å². The number of rotatable bonds is 15. The first-order valence-corrected chi connectivity index (χ1v) is 18.6. The lowest BCUT2D eigenvalue weighted by Crippen LogP contribution is -2.54. The van der Waals surface area contributed by atoms with Gasteiger partial charge >= 0.3 is 0 Å². The molecule has 1 atom stereocenters. The Morgan fingerprint density at radius 2 is 1.47 bits per heavy atom. The number of hydrogen-bond donors (Lipinski definition) is 1. The second-order valence-electron chi connectivity index (χ2n) is 12.5. The number of aryl methyl sites for hydroxylation is 1. The standard InChI is InChI=1S/C39H44ClN3O7S/c1-27-14-16-29(17-15-27)25-42(34(22-28-10-6-5-7-11-28)39(45)41-31-12-8-9-13-31)38(44)26-43(33-23-30(40)18-20-35(33)48-2)51(46,47)32-19-21-36(49-3)37(24-32)50-4/h5-7,10-11,14-21,23-24,31,34H,8-9,12-13,22,25-26H2,1-4H3,(H,41,45)/t34-/m0/s1. The van der Waals surface area contributed by atoms with E-state index in [2.05, 4.69) is 5.32 Å². The predicted octanol–water partition coefficient (Wildman–Crippen LogP) is 6.57. The van der Waals surface area contributed by atoms with E-state index in [1.165, 1.54) is 56.6 Å². The first-order chi connectivity index (χ1) is 24.5. The van der Waals surface area contributed by atoms with Gasteiger partial charge in [-0.2, -0.15) is 0 Å². The quantitative estimate of drug-likeness (QED) is 0.147. The van der Waals surface area contributed by atoms with Crippen LogP contribution in [-0.2, 0) is 32.6 Å². The first kappa shape index (κ1) is 37.5. The lowest BCUT2D eigenvalue weighted by Gasteiger charge is -2.34. The van der Waals surface area contributed by atoms with Crippen molar-refractivity contribution in [2.45, 2.75) is 62.6 Å². The van der Waals surface area contributed by atoms with Crippen LogP contribution in [0.4, 0.5) is 5.69 Å². The summed E-state index contributed by atoms with van der Waals surface area (Å²) in [4.78, 5) is 30.5. The molecule has 0 aliphatic heterocycles. The molecule has 1 fully saturated rings. The maximum atomic E-state index is 14.9. The maximum absolute atomic E-state index is 14.9. The second kappa shape index (κ2) is 17.0. The number of halogens is 1. The third kappa shape index (κ3) is 9.14. The summed E-state index contributed by atoms with van der Waals surface area (Å²) in [6.45, 7) is 1.36. The fourth-order valence-corrected chi connectivity index (χ4v) is 7.89. The monoisotopic (exact) mass is 733 g/mol. The van der Waals surface area contributed by atoms with Crippen LogP contribution in [0.1, 0.15) is 42.4 Å². The molecular weight excluding hydrogens is 690 g/mol. The van der Waals surface area contributed by atoms with E-state index in [1.54, 1.807) is 6.07 Å². The summed E-state index contributed by atoms with van der Waals surface area (Å²) in [7, 11) is -0.221. The molecule has 0 unspecified atom stereocenters. The number of hydrogen-bond acceptors (Lipinski definition) is 7. The lowest BCUT2D eigenvalue weighted by molar-refractivity contribution is -0.140. The number of sulfonamides is 1. The lowest BCUT2D eigenvalue weighted by atomic mass is 10.0.